The van der Waals surface area contributed by atoms with Crippen molar-refractivity contribution >= 4 is 17.3 Å². The molecule has 94 valence electrons. The Labute approximate surface area is 107 Å². The molecule has 0 heterocycles. The predicted octanol–water partition coefficient (Wildman–Crippen LogP) is 2.35. The molecule has 0 amide bonds. The summed E-state index contributed by atoms with van der Waals surface area (Å²) in [5.74, 6) is 0. The molecule has 0 radical (unpaired) electrons. The quantitative estimate of drug-likeness (QED) is 0.849. The normalized spacial score (nSPS) is 16.9. The summed E-state index contributed by atoms with van der Waals surface area (Å²) in [5, 5.41) is 19.2. The van der Waals surface area contributed by atoms with Gasteiger partial charge in [0.2, 0.25) is 0 Å². The number of anilines is 1. The molecule has 1 aliphatic rings. The Kier molecular flexibility index (Phi) is 3.92. The number of benzene rings is 1. The highest BCUT2D eigenvalue weighted by molar-refractivity contribution is 6.33. The molecule has 1 aliphatic carbocycles. The number of aliphatic hydroxyl groups excluding tert-OH is 2. The fourth-order valence-electron chi connectivity index (χ4n) is 2.01. The van der Waals surface area contributed by atoms with Gasteiger partial charge < -0.3 is 15.1 Å². The van der Waals surface area contributed by atoms with Crippen LogP contribution in [0.2, 0.25) is 5.02 Å². The van der Waals surface area contributed by atoms with Crippen LogP contribution in [0.4, 0.5) is 5.69 Å². The number of hydrogen-bond donors (Lipinski definition) is 2. The van der Waals surface area contributed by atoms with Crippen molar-refractivity contribution in [2.75, 3.05) is 18.1 Å². The van der Waals surface area contributed by atoms with E-state index in [2.05, 4.69) is 4.90 Å². The van der Waals surface area contributed by atoms with Gasteiger partial charge in [0, 0.05) is 12.6 Å². The summed E-state index contributed by atoms with van der Waals surface area (Å²) >= 11 is 6.24. The van der Waals surface area contributed by atoms with Gasteiger partial charge in [-0.2, -0.15) is 0 Å². The van der Waals surface area contributed by atoms with Crippen molar-refractivity contribution in [3.05, 3.63) is 28.8 Å². The summed E-state index contributed by atoms with van der Waals surface area (Å²) in [6, 6.07) is 6.13. The first kappa shape index (κ1) is 12.7. The van der Waals surface area contributed by atoms with Crippen LogP contribution in [0.25, 0.3) is 0 Å². The van der Waals surface area contributed by atoms with Gasteiger partial charge in [0.05, 0.1) is 23.4 Å². The first-order chi connectivity index (χ1) is 8.13. The summed E-state index contributed by atoms with van der Waals surface area (Å²) in [5.41, 5.74) is 1.77. The molecule has 1 saturated carbocycles. The Morgan fingerprint density at radius 1 is 1.47 bits per heavy atom. The zero-order valence-corrected chi connectivity index (χ0v) is 10.7. The van der Waals surface area contributed by atoms with Gasteiger partial charge >= 0.3 is 0 Å². The zero-order valence-electron chi connectivity index (χ0n) is 9.93. The van der Waals surface area contributed by atoms with E-state index in [0.717, 1.165) is 24.1 Å². The van der Waals surface area contributed by atoms with Gasteiger partial charge in [0.15, 0.2) is 0 Å². The molecule has 1 atom stereocenters. The predicted molar refractivity (Wildman–Crippen MR) is 69.5 cm³/mol. The van der Waals surface area contributed by atoms with E-state index in [9.17, 15) is 5.11 Å². The lowest BCUT2D eigenvalue weighted by Crippen LogP contribution is -2.29. The molecule has 1 aromatic rings. The van der Waals surface area contributed by atoms with E-state index >= 15 is 0 Å². The van der Waals surface area contributed by atoms with Gasteiger partial charge in [-0.3, -0.25) is 0 Å². The standard InChI is InChI=1S/C13H18ClNO2/c1-9(17)10-2-5-13(12(14)8-10)15(6-7-16)11-3-4-11/h2,5,8-9,11,16-17H,3-4,6-7H2,1H3/t9-/m0/s1. The smallest absolute Gasteiger partial charge is 0.0762 e. The topological polar surface area (TPSA) is 43.7 Å². The molecule has 0 aliphatic heterocycles. The Balaban J connectivity index is 2.24. The molecule has 0 unspecified atom stereocenters. The maximum Gasteiger partial charge on any atom is 0.0762 e. The van der Waals surface area contributed by atoms with Crippen LogP contribution >= 0.6 is 11.6 Å². The summed E-state index contributed by atoms with van der Waals surface area (Å²) in [6.45, 7) is 2.46. The minimum absolute atomic E-state index is 0.130. The van der Waals surface area contributed by atoms with Gasteiger partial charge in [-0.1, -0.05) is 17.7 Å². The summed E-state index contributed by atoms with van der Waals surface area (Å²) in [6.07, 6.45) is 1.82. The van der Waals surface area contributed by atoms with E-state index in [1.165, 1.54) is 0 Å². The van der Waals surface area contributed by atoms with Crippen LogP contribution in [0.5, 0.6) is 0 Å². The van der Waals surface area contributed by atoms with Crippen LogP contribution in [-0.2, 0) is 0 Å². The Morgan fingerprint density at radius 3 is 2.65 bits per heavy atom. The number of rotatable bonds is 5. The fraction of sp³-hybridized carbons (Fsp3) is 0.538. The number of hydrogen-bond acceptors (Lipinski definition) is 3. The monoisotopic (exact) mass is 255 g/mol. The number of aliphatic hydroxyl groups is 2. The largest absolute Gasteiger partial charge is 0.395 e. The van der Waals surface area contributed by atoms with Crippen LogP contribution in [-0.4, -0.2) is 29.4 Å². The second-order valence-corrected chi connectivity index (χ2v) is 4.94. The van der Waals surface area contributed by atoms with Crippen LogP contribution in [0.15, 0.2) is 18.2 Å². The summed E-state index contributed by atoms with van der Waals surface area (Å²) in [7, 11) is 0. The lowest BCUT2D eigenvalue weighted by molar-refractivity contribution is 0.199. The highest BCUT2D eigenvalue weighted by Gasteiger charge is 2.29. The van der Waals surface area contributed by atoms with Crippen molar-refractivity contribution in [2.24, 2.45) is 0 Å². The maximum atomic E-state index is 9.49. The SMILES string of the molecule is C[C@H](O)c1ccc(N(CCO)C2CC2)c(Cl)c1. The van der Waals surface area contributed by atoms with Crippen molar-refractivity contribution in [2.45, 2.75) is 31.9 Å². The van der Waals surface area contributed by atoms with Crippen LogP contribution in [0.1, 0.15) is 31.4 Å². The Morgan fingerprint density at radius 2 is 2.18 bits per heavy atom. The molecular weight excluding hydrogens is 238 g/mol. The van der Waals surface area contributed by atoms with Gasteiger partial charge in [0.25, 0.3) is 0 Å². The number of halogens is 1. The molecule has 0 spiro atoms. The van der Waals surface area contributed by atoms with Gasteiger partial charge in [-0.05, 0) is 37.5 Å². The van der Waals surface area contributed by atoms with E-state index in [4.69, 9.17) is 16.7 Å². The lowest BCUT2D eigenvalue weighted by atomic mass is 10.1. The first-order valence-corrected chi connectivity index (χ1v) is 6.36. The summed E-state index contributed by atoms with van der Waals surface area (Å²) < 4.78 is 0. The van der Waals surface area contributed by atoms with Crippen LogP contribution in [0.3, 0.4) is 0 Å². The first-order valence-electron chi connectivity index (χ1n) is 5.98. The van der Waals surface area contributed by atoms with E-state index in [-0.39, 0.29) is 6.61 Å². The van der Waals surface area contributed by atoms with E-state index in [1.807, 2.05) is 12.1 Å². The van der Waals surface area contributed by atoms with E-state index < -0.39 is 6.10 Å². The molecule has 0 bridgehead atoms. The highest BCUT2D eigenvalue weighted by Crippen LogP contribution is 2.36. The molecule has 1 fully saturated rings. The molecule has 2 rings (SSSR count). The zero-order chi connectivity index (χ0) is 12.4. The molecule has 2 N–H and O–H groups in total. The highest BCUT2D eigenvalue weighted by atomic mass is 35.5. The molecule has 0 saturated heterocycles. The fourth-order valence-corrected chi connectivity index (χ4v) is 2.31. The third-order valence-corrected chi connectivity index (χ3v) is 3.39. The third kappa shape index (κ3) is 2.92. The average molecular weight is 256 g/mol. The lowest BCUT2D eigenvalue weighted by Gasteiger charge is -2.25. The van der Waals surface area contributed by atoms with E-state index in [0.29, 0.717) is 17.6 Å². The molecule has 3 nitrogen and oxygen atoms in total. The third-order valence-electron chi connectivity index (χ3n) is 3.09. The maximum absolute atomic E-state index is 9.49. The second-order valence-electron chi connectivity index (χ2n) is 4.53. The summed E-state index contributed by atoms with van der Waals surface area (Å²) in [4.78, 5) is 2.15. The Hall–Kier alpha value is -0.770. The average Bonchev–Trinajstić information content (AvgIpc) is 3.10. The molecule has 0 aromatic heterocycles. The van der Waals surface area contributed by atoms with Crippen molar-refractivity contribution in [3.8, 4) is 0 Å². The minimum Gasteiger partial charge on any atom is -0.395 e. The van der Waals surface area contributed by atoms with Crippen LogP contribution in [0, 0.1) is 0 Å². The van der Waals surface area contributed by atoms with E-state index in [1.54, 1.807) is 13.0 Å². The van der Waals surface area contributed by atoms with Gasteiger partial charge in [-0.25, -0.2) is 0 Å². The van der Waals surface area contributed by atoms with Crippen molar-refractivity contribution in [1.82, 2.24) is 0 Å². The van der Waals surface area contributed by atoms with Gasteiger partial charge in [0.1, 0.15) is 0 Å². The molecule has 1 aromatic carbocycles. The van der Waals surface area contributed by atoms with Crippen molar-refractivity contribution in [3.63, 3.8) is 0 Å². The van der Waals surface area contributed by atoms with Gasteiger partial charge in [-0.15, -0.1) is 0 Å². The molecule has 4 heteroatoms. The van der Waals surface area contributed by atoms with Crippen molar-refractivity contribution in [1.29, 1.82) is 0 Å². The second kappa shape index (κ2) is 5.25. The molecular formula is C13H18ClNO2. The van der Waals surface area contributed by atoms with Crippen LogP contribution < -0.4 is 4.90 Å². The Bertz CT molecular complexity index is 391. The number of nitrogens with zero attached hydrogens (tertiary/aromatic N) is 1. The minimum atomic E-state index is -0.506. The van der Waals surface area contributed by atoms with Crippen molar-refractivity contribution < 1.29 is 10.2 Å². The molecule has 17 heavy (non-hydrogen) atoms.